The van der Waals surface area contributed by atoms with Gasteiger partial charge in [0.15, 0.2) is 0 Å². The summed E-state index contributed by atoms with van der Waals surface area (Å²) in [5.41, 5.74) is 3.01. The molecule has 0 aliphatic carbocycles. The van der Waals surface area contributed by atoms with E-state index in [1.165, 1.54) is 0 Å². The molecule has 2 heterocycles. The van der Waals surface area contributed by atoms with Crippen LogP contribution in [0.4, 0.5) is 0 Å². The molecule has 0 saturated carbocycles. The average molecular weight is 242 g/mol. The van der Waals surface area contributed by atoms with Crippen LogP contribution in [0.5, 0.6) is 0 Å². The van der Waals surface area contributed by atoms with Crippen LogP contribution in [-0.4, -0.2) is 25.4 Å². The van der Waals surface area contributed by atoms with E-state index in [0.29, 0.717) is 13.2 Å². The highest BCUT2D eigenvalue weighted by molar-refractivity contribution is 6.54. The third-order valence-corrected chi connectivity index (χ3v) is 3.36. The molecule has 0 bridgehead atoms. The Labute approximate surface area is 107 Å². The summed E-state index contributed by atoms with van der Waals surface area (Å²) in [6.45, 7) is 1.20. The van der Waals surface area contributed by atoms with Gasteiger partial charge in [0.1, 0.15) is 0 Å². The van der Waals surface area contributed by atoms with Crippen molar-refractivity contribution in [3.8, 4) is 0 Å². The summed E-state index contributed by atoms with van der Waals surface area (Å²) in [5.74, 6) is 0. The molecule has 0 radical (unpaired) electrons. The van der Waals surface area contributed by atoms with Gasteiger partial charge in [0.05, 0.1) is 19.3 Å². The molecule has 1 unspecified atom stereocenters. The van der Waals surface area contributed by atoms with Crippen molar-refractivity contribution in [2.24, 2.45) is 0 Å². The number of hydrogen-bond donors (Lipinski definition) is 1. The Morgan fingerprint density at radius 1 is 1.17 bits per heavy atom. The molecule has 3 nitrogen and oxygen atoms in total. The Hall–Kier alpha value is -1.36. The second kappa shape index (κ2) is 5.10. The summed E-state index contributed by atoms with van der Waals surface area (Å²) in [7, 11) is -0.850. The van der Waals surface area contributed by atoms with Crippen molar-refractivity contribution in [3.63, 3.8) is 0 Å². The van der Waals surface area contributed by atoms with Crippen LogP contribution in [0.1, 0.15) is 18.1 Å². The number of benzene rings is 1. The van der Waals surface area contributed by atoms with Crippen molar-refractivity contribution < 1.29 is 14.4 Å². The number of ether oxygens (including phenoxy) is 1. The van der Waals surface area contributed by atoms with Crippen molar-refractivity contribution in [1.29, 1.82) is 0 Å². The monoisotopic (exact) mass is 242 g/mol. The van der Waals surface area contributed by atoms with Crippen LogP contribution in [0, 0.1) is 0 Å². The molecular weight excluding hydrogens is 227 g/mol. The zero-order chi connectivity index (χ0) is 12.4. The molecule has 2 aliphatic heterocycles. The SMILES string of the molecule is OB1OC(c2ccccc2)CC=C1C1=CCOC1. The van der Waals surface area contributed by atoms with Gasteiger partial charge in [0.25, 0.3) is 0 Å². The van der Waals surface area contributed by atoms with E-state index in [1.54, 1.807) is 0 Å². The number of hydrogen-bond acceptors (Lipinski definition) is 3. The molecule has 3 rings (SSSR count). The Morgan fingerprint density at radius 2 is 2.00 bits per heavy atom. The Balaban J connectivity index is 1.78. The van der Waals surface area contributed by atoms with Gasteiger partial charge in [-0.2, -0.15) is 0 Å². The highest BCUT2D eigenvalue weighted by Gasteiger charge is 2.31. The maximum atomic E-state index is 10.1. The highest BCUT2D eigenvalue weighted by Crippen LogP contribution is 2.31. The smallest absolute Gasteiger partial charge is 0.423 e. The summed E-state index contributed by atoms with van der Waals surface area (Å²) in [6.07, 6.45) is 4.79. The quantitative estimate of drug-likeness (QED) is 0.806. The summed E-state index contributed by atoms with van der Waals surface area (Å²) in [5, 5.41) is 10.1. The molecule has 0 spiro atoms. The fraction of sp³-hybridized carbons (Fsp3) is 0.286. The van der Waals surface area contributed by atoms with Crippen molar-refractivity contribution in [1.82, 2.24) is 0 Å². The van der Waals surface area contributed by atoms with Gasteiger partial charge in [-0.05, 0) is 23.0 Å². The standard InChI is InChI=1S/C14H15BO3/c16-15-13(12-8-9-17-10-12)6-7-14(18-15)11-4-2-1-3-5-11/h1-6,8,14,16H,7,9-10H2. The first-order valence-electron chi connectivity index (χ1n) is 6.20. The Kier molecular flexibility index (Phi) is 3.32. The van der Waals surface area contributed by atoms with E-state index in [9.17, 15) is 5.02 Å². The fourth-order valence-corrected chi connectivity index (χ4v) is 2.38. The largest absolute Gasteiger partial charge is 0.491 e. The zero-order valence-corrected chi connectivity index (χ0v) is 10.1. The van der Waals surface area contributed by atoms with E-state index in [-0.39, 0.29) is 6.10 Å². The van der Waals surface area contributed by atoms with Gasteiger partial charge in [0.2, 0.25) is 0 Å². The first-order valence-corrected chi connectivity index (χ1v) is 6.20. The lowest BCUT2D eigenvalue weighted by molar-refractivity contribution is 0.167. The van der Waals surface area contributed by atoms with Crippen molar-refractivity contribution in [2.45, 2.75) is 12.5 Å². The predicted octanol–water partition coefficient (Wildman–Crippen LogP) is 2.05. The molecule has 4 heteroatoms. The topological polar surface area (TPSA) is 38.7 Å². The summed E-state index contributed by atoms with van der Waals surface area (Å²) < 4.78 is 11.0. The van der Waals surface area contributed by atoms with E-state index >= 15 is 0 Å². The lowest BCUT2D eigenvalue weighted by atomic mass is 9.71. The average Bonchev–Trinajstić information content (AvgIpc) is 2.93. The van der Waals surface area contributed by atoms with Gasteiger partial charge in [-0.25, -0.2) is 0 Å². The van der Waals surface area contributed by atoms with E-state index in [2.05, 4.69) is 6.08 Å². The summed E-state index contributed by atoms with van der Waals surface area (Å²) >= 11 is 0. The molecule has 0 saturated heterocycles. The third kappa shape index (κ3) is 2.27. The lowest BCUT2D eigenvalue weighted by Crippen LogP contribution is -2.29. The van der Waals surface area contributed by atoms with Gasteiger partial charge in [-0.1, -0.05) is 42.5 Å². The van der Waals surface area contributed by atoms with Crippen molar-refractivity contribution in [3.05, 3.63) is 59.1 Å². The molecule has 0 aromatic heterocycles. The minimum atomic E-state index is -0.850. The minimum absolute atomic E-state index is 0.0622. The maximum absolute atomic E-state index is 10.1. The molecule has 1 aromatic rings. The van der Waals surface area contributed by atoms with Crippen LogP contribution in [0.3, 0.4) is 0 Å². The zero-order valence-electron chi connectivity index (χ0n) is 10.1. The van der Waals surface area contributed by atoms with Crippen LogP contribution < -0.4 is 0 Å². The summed E-state index contributed by atoms with van der Waals surface area (Å²) in [4.78, 5) is 0. The van der Waals surface area contributed by atoms with E-state index in [0.717, 1.165) is 23.0 Å². The second-order valence-electron chi connectivity index (χ2n) is 4.53. The first-order chi connectivity index (χ1) is 8.84. The first kappa shape index (κ1) is 11.7. The lowest BCUT2D eigenvalue weighted by Gasteiger charge is -2.26. The molecule has 92 valence electrons. The molecule has 1 atom stereocenters. The minimum Gasteiger partial charge on any atom is -0.423 e. The molecule has 1 aromatic carbocycles. The van der Waals surface area contributed by atoms with Crippen molar-refractivity contribution >= 4 is 7.12 Å². The van der Waals surface area contributed by atoms with Crippen LogP contribution >= 0.6 is 0 Å². The van der Waals surface area contributed by atoms with Gasteiger partial charge in [-0.15, -0.1) is 0 Å². The number of rotatable bonds is 2. The molecule has 0 fully saturated rings. The van der Waals surface area contributed by atoms with Crippen LogP contribution in [0.2, 0.25) is 0 Å². The summed E-state index contributed by atoms with van der Waals surface area (Å²) in [6, 6.07) is 9.99. The molecule has 0 amide bonds. The highest BCUT2D eigenvalue weighted by atomic mass is 16.5. The molecule has 18 heavy (non-hydrogen) atoms. The van der Waals surface area contributed by atoms with E-state index < -0.39 is 7.12 Å². The Bertz CT molecular complexity index is 481. The van der Waals surface area contributed by atoms with Gasteiger partial charge in [0, 0.05) is 0 Å². The molecular formula is C14H15BO3. The Morgan fingerprint density at radius 3 is 2.67 bits per heavy atom. The van der Waals surface area contributed by atoms with E-state index in [1.807, 2.05) is 36.4 Å². The van der Waals surface area contributed by atoms with Crippen molar-refractivity contribution in [2.75, 3.05) is 13.2 Å². The van der Waals surface area contributed by atoms with Gasteiger partial charge >= 0.3 is 7.12 Å². The third-order valence-electron chi connectivity index (χ3n) is 3.36. The predicted molar refractivity (Wildman–Crippen MR) is 69.8 cm³/mol. The van der Waals surface area contributed by atoms with Gasteiger partial charge in [-0.3, -0.25) is 0 Å². The van der Waals surface area contributed by atoms with Gasteiger partial charge < -0.3 is 14.4 Å². The fourth-order valence-electron chi connectivity index (χ4n) is 2.38. The molecule has 2 aliphatic rings. The maximum Gasteiger partial charge on any atom is 0.491 e. The van der Waals surface area contributed by atoms with Crippen LogP contribution in [-0.2, 0) is 9.39 Å². The normalized spacial score (nSPS) is 23.8. The van der Waals surface area contributed by atoms with Crippen LogP contribution in [0.15, 0.2) is 53.5 Å². The second-order valence-corrected chi connectivity index (χ2v) is 4.53. The molecule has 1 N–H and O–H groups in total. The van der Waals surface area contributed by atoms with E-state index in [4.69, 9.17) is 9.39 Å². The van der Waals surface area contributed by atoms with Crippen LogP contribution in [0.25, 0.3) is 0 Å².